The van der Waals surface area contributed by atoms with Crippen molar-refractivity contribution in [2.45, 2.75) is 26.2 Å². The van der Waals surface area contributed by atoms with E-state index < -0.39 is 0 Å². The first-order valence-corrected chi connectivity index (χ1v) is 8.63. The third-order valence-electron chi connectivity index (χ3n) is 3.99. The molecule has 2 aromatic heterocycles. The number of rotatable bonds is 7. The lowest BCUT2D eigenvalue weighted by Crippen LogP contribution is -2.24. The number of anilines is 2. The van der Waals surface area contributed by atoms with Gasteiger partial charge in [0.15, 0.2) is 0 Å². The SMILES string of the molecule is CCCCCNC(=O)c1ccc(Nc2cccc3cccnc23)nc1. The zero-order valence-corrected chi connectivity index (χ0v) is 14.3. The molecule has 0 aliphatic carbocycles. The van der Waals surface area contributed by atoms with Crippen molar-refractivity contribution >= 4 is 28.3 Å². The third kappa shape index (κ3) is 4.32. The molecule has 0 saturated heterocycles. The third-order valence-corrected chi connectivity index (χ3v) is 3.99. The zero-order valence-electron chi connectivity index (χ0n) is 14.3. The lowest BCUT2D eigenvalue weighted by Gasteiger charge is -2.09. The Morgan fingerprint density at radius 1 is 1.04 bits per heavy atom. The molecule has 0 aliphatic rings. The Bertz CT molecular complexity index is 840. The van der Waals surface area contributed by atoms with Crippen LogP contribution in [-0.4, -0.2) is 22.4 Å². The number of amides is 1. The summed E-state index contributed by atoms with van der Waals surface area (Å²) in [5, 5.41) is 7.25. The van der Waals surface area contributed by atoms with Gasteiger partial charge in [0.2, 0.25) is 0 Å². The highest BCUT2D eigenvalue weighted by molar-refractivity contribution is 5.94. The van der Waals surface area contributed by atoms with E-state index in [1.54, 1.807) is 18.5 Å². The Labute approximate surface area is 147 Å². The molecule has 0 bridgehead atoms. The summed E-state index contributed by atoms with van der Waals surface area (Å²) in [5.41, 5.74) is 2.35. The Hall–Kier alpha value is -2.95. The molecular weight excluding hydrogens is 312 g/mol. The van der Waals surface area contributed by atoms with Crippen molar-refractivity contribution in [1.29, 1.82) is 0 Å². The Balaban J connectivity index is 1.67. The second kappa shape index (κ2) is 8.24. The fourth-order valence-electron chi connectivity index (χ4n) is 2.62. The van der Waals surface area contributed by atoms with Crippen molar-refractivity contribution in [3.63, 3.8) is 0 Å². The van der Waals surface area contributed by atoms with E-state index in [9.17, 15) is 4.79 Å². The van der Waals surface area contributed by atoms with Gasteiger partial charge in [-0.1, -0.05) is 38.0 Å². The summed E-state index contributed by atoms with van der Waals surface area (Å²) in [6.45, 7) is 2.84. The van der Waals surface area contributed by atoms with Gasteiger partial charge in [0.05, 0.1) is 16.8 Å². The van der Waals surface area contributed by atoms with Crippen molar-refractivity contribution < 1.29 is 4.79 Å². The fraction of sp³-hybridized carbons (Fsp3) is 0.250. The minimum Gasteiger partial charge on any atom is -0.352 e. The molecule has 0 saturated carbocycles. The fourth-order valence-corrected chi connectivity index (χ4v) is 2.62. The minimum atomic E-state index is -0.0815. The van der Waals surface area contributed by atoms with E-state index in [0.29, 0.717) is 17.9 Å². The summed E-state index contributed by atoms with van der Waals surface area (Å²) in [5.74, 6) is 0.600. The number of hydrogen-bond acceptors (Lipinski definition) is 4. The van der Waals surface area contributed by atoms with Crippen LogP contribution >= 0.6 is 0 Å². The molecule has 128 valence electrons. The first-order chi connectivity index (χ1) is 12.3. The summed E-state index contributed by atoms with van der Waals surface area (Å²) in [6.07, 6.45) is 6.63. The lowest BCUT2D eigenvalue weighted by molar-refractivity contribution is 0.0952. The van der Waals surface area contributed by atoms with Crippen molar-refractivity contribution in [2.75, 3.05) is 11.9 Å². The van der Waals surface area contributed by atoms with Crippen LogP contribution in [0, 0.1) is 0 Å². The molecule has 0 unspecified atom stereocenters. The Kier molecular flexibility index (Phi) is 5.57. The number of para-hydroxylation sites is 1. The number of carbonyl (C=O) groups is 1. The highest BCUT2D eigenvalue weighted by atomic mass is 16.1. The predicted molar refractivity (Wildman–Crippen MR) is 101 cm³/mol. The van der Waals surface area contributed by atoms with Gasteiger partial charge >= 0.3 is 0 Å². The summed E-state index contributed by atoms with van der Waals surface area (Å²) >= 11 is 0. The normalized spacial score (nSPS) is 10.6. The first kappa shape index (κ1) is 16.9. The highest BCUT2D eigenvalue weighted by Crippen LogP contribution is 2.23. The van der Waals surface area contributed by atoms with Crippen molar-refractivity contribution in [1.82, 2.24) is 15.3 Å². The van der Waals surface area contributed by atoms with E-state index in [0.717, 1.165) is 35.9 Å². The average Bonchev–Trinajstić information content (AvgIpc) is 2.66. The van der Waals surface area contributed by atoms with Crippen LogP contribution in [0.3, 0.4) is 0 Å². The van der Waals surface area contributed by atoms with Gasteiger partial charge < -0.3 is 10.6 Å². The number of carbonyl (C=O) groups excluding carboxylic acids is 1. The first-order valence-electron chi connectivity index (χ1n) is 8.63. The molecule has 0 aliphatic heterocycles. The summed E-state index contributed by atoms with van der Waals surface area (Å²) in [7, 11) is 0. The van der Waals surface area contributed by atoms with Crippen LogP contribution in [0.1, 0.15) is 36.5 Å². The number of pyridine rings is 2. The smallest absolute Gasteiger partial charge is 0.252 e. The van der Waals surface area contributed by atoms with Crippen LogP contribution in [0.2, 0.25) is 0 Å². The minimum absolute atomic E-state index is 0.0815. The highest BCUT2D eigenvalue weighted by Gasteiger charge is 2.07. The van der Waals surface area contributed by atoms with Crippen molar-refractivity contribution in [3.05, 3.63) is 60.4 Å². The topological polar surface area (TPSA) is 66.9 Å². The van der Waals surface area contributed by atoms with E-state index in [1.807, 2.05) is 36.4 Å². The molecule has 0 fully saturated rings. The summed E-state index contributed by atoms with van der Waals surface area (Å²) in [6, 6.07) is 13.5. The van der Waals surface area contributed by atoms with Crippen LogP contribution in [0.25, 0.3) is 10.9 Å². The number of aromatic nitrogens is 2. The van der Waals surface area contributed by atoms with Gasteiger partial charge in [-0.05, 0) is 30.7 Å². The average molecular weight is 334 g/mol. The predicted octanol–water partition coefficient (Wildman–Crippen LogP) is 4.29. The van der Waals surface area contributed by atoms with Crippen molar-refractivity contribution in [2.24, 2.45) is 0 Å². The number of fused-ring (bicyclic) bond motifs is 1. The molecule has 0 radical (unpaired) electrons. The molecule has 5 nitrogen and oxygen atoms in total. The van der Waals surface area contributed by atoms with Gasteiger partial charge in [-0.25, -0.2) is 4.98 Å². The Morgan fingerprint density at radius 3 is 2.72 bits per heavy atom. The van der Waals surface area contributed by atoms with Gasteiger partial charge in [0.25, 0.3) is 5.91 Å². The maximum Gasteiger partial charge on any atom is 0.252 e. The standard InChI is InChI=1S/C20H22N4O/c1-2-3-4-12-22-20(25)16-10-11-18(23-14-16)24-17-9-5-7-15-8-6-13-21-19(15)17/h5-11,13-14H,2-4,12H2,1H3,(H,22,25)(H,23,24). The zero-order chi connectivity index (χ0) is 17.5. The molecule has 1 amide bonds. The van der Waals surface area contributed by atoms with E-state index >= 15 is 0 Å². The lowest BCUT2D eigenvalue weighted by atomic mass is 10.2. The van der Waals surface area contributed by atoms with Crippen LogP contribution in [0.15, 0.2) is 54.9 Å². The molecule has 2 N–H and O–H groups in total. The maximum atomic E-state index is 12.1. The number of nitrogens with zero attached hydrogens (tertiary/aromatic N) is 2. The Morgan fingerprint density at radius 2 is 1.92 bits per heavy atom. The van der Waals surface area contributed by atoms with Gasteiger partial charge in [0, 0.05) is 24.3 Å². The number of benzene rings is 1. The van der Waals surface area contributed by atoms with Gasteiger partial charge in [-0.3, -0.25) is 9.78 Å². The molecule has 3 aromatic rings. The second-order valence-electron chi connectivity index (χ2n) is 5.90. The van der Waals surface area contributed by atoms with Gasteiger partial charge in [-0.15, -0.1) is 0 Å². The van der Waals surface area contributed by atoms with E-state index in [1.165, 1.54) is 0 Å². The van der Waals surface area contributed by atoms with Crippen molar-refractivity contribution in [3.8, 4) is 0 Å². The number of nitrogens with one attached hydrogen (secondary N) is 2. The molecule has 0 spiro atoms. The molecule has 3 rings (SSSR count). The van der Waals surface area contributed by atoms with E-state index in [4.69, 9.17) is 0 Å². The largest absolute Gasteiger partial charge is 0.352 e. The molecule has 25 heavy (non-hydrogen) atoms. The molecule has 2 heterocycles. The van der Waals surface area contributed by atoms with Crippen LogP contribution < -0.4 is 10.6 Å². The van der Waals surface area contributed by atoms with Crippen LogP contribution in [0.5, 0.6) is 0 Å². The summed E-state index contributed by atoms with van der Waals surface area (Å²) < 4.78 is 0. The number of hydrogen-bond donors (Lipinski definition) is 2. The van der Waals surface area contributed by atoms with Crippen LogP contribution in [0.4, 0.5) is 11.5 Å². The van der Waals surface area contributed by atoms with E-state index in [2.05, 4.69) is 27.5 Å². The molecule has 0 atom stereocenters. The molecule has 1 aromatic carbocycles. The molecular formula is C20H22N4O. The van der Waals surface area contributed by atoms with Crippen LogP contribution in [-0.2, 0) is 0 Å². The monoisotopic (exact) mass is 334 g/mol. The number of unbranched alkanes of at least 4 members (excludes halogenated alkanes) is 2. The van der Waals surface area contributed by atoms with E-state index in [-0.39, 0.29) is 5.91 Å². The quantitative estimate of drug-likeness (QED) is 0.632. The second-order valence-corrected chi connectivity index (χ2v) is 5.90. The summed E-state index contributed by atoms with van der Waals surface area (Å²) in [4.78, 5) is 20.8. The molecule has 5 heteroatoms. The maximum absolute atomic E-state index is 12.1. The van der Waals surface area contributed by atoms with Gasteiger partial charge in [-0.2, -0.15) is 0 Å². The van der Waals surface area contributed by atoms with Gasteiger partial charge in [0.1, 0.15) is 5.82 Å².